The van der Waals surface area contributed by atoms with Gasteiger partial charge in [-0.25, -0.2) is 9.18 Å². The summed E-state index contributed by atoms with van der Waals surface area (Å²) in [6, 6.07) is 15.4. The number of hydrogen-bond donors (Lipinski definition) is 1. The minimum atomic E-state index is -1.05. The highest BCUT2D eigenvalue weighted by atomic mass is 19.1. The third kappa shape index (κ3) is 7.83. The third-order valence-corrected chi connectivity index (χ3v) is 8.19. The Morgan fingerprint density at radius 3 is 2.60 bits per heavy atom. The molecule has 2 aliphatic rings. The van der Waals surface area contributed by atoms with Crippen molar-refractivity contribution in [2.75, 3.05) is 32.8 Å². The van der Waals surface area contributed by atoms with E-state index in [-0.39, 0.29) is 24.8 Å². The van der Waals surface area contributed by atoms with E-state index in [9.17, 15) is 14.7 Å². The number of hydrogen-bond acceptors (Lipinski definition) is 5. The van der Waals surface area contributed by atoms with E-state index in [4.69, 9.17) is 14.5 Å². The molecule has 0 bridgehead atoms. The lowest BCUT2D eigenvalue weighted by Gasteiger charge is -2.27. The maximum atomic E-state index is 15.1. The molecule has 43 heavy (non-hydrogen) atoms. The number of benzene rings is 2. The van der Waals surface area contributed by atoms with Gasteiger partial charge in [0.15, 0.2) is 11.6 Å². The van der Waals surface area contributed by atoms with E-state index in [1.165, 1.54) is 36.2 Å². The molecule has 2 aromatic carbocycles. The SMILES string of the molecule is CCOc1ccc(CCOc2ccc([C@H](CC(=O)O)N3CCN(CCCc4ccc5c(n4)CCCC5)C3=O)cc2F)cc1. The van der Waals surface area contributed by atoms with Gasteiger partial charge in [0, 0.05) is 37.4 Å². The minimum Gasteiger partial charge on any atom is -0.494 e. The second-order valence-electron chi connectivity index (χ2n) is 11.2. The smallest absolute Gasteiger partial charge is 0.320 e. The standard InChI is InChI=1S/C34H40FN3O5/c1-2-42-28-14-9-24(10-15-28)17-21-43-32-16-12-26(22-29(32)35)31(23-33(39)40)38-20-19-37(34(38)41)18-5-7-27-13-11-25-6-3-4-8-30(25)36-27/h9-16,22,31H,2-8,17-21,23H2,1H3,(H,39,40)/t31-/m0/s1. The summed E-state index contributed by atoms with van der Waals surface area (Å²) in [5.41, 5.74) is 5.08. The molecule has 1 aromatic heterocycles. The van der Waals surface area contributed by atoms with Crippen LogP contribution in [0.2, 0.25) is 0 Å². The molecular weight excluding hydrogens is 549 g/mol. The van der Waals surface area contributed by atoms with Crippen molar-refractivity contribution < 1.29 is 28.6 Å². The first kappa shape index (κ1) is 30.3. The van der Waals surface area contributed by atoms with Crippen LogP contribution in [0.25, 0.3) is 0 Å². The van der Waals surface area contributed by atoms with Gasteiger partial charge in [0.2, 0.25) is 0 Å². The van der Waals surface area contributed by atoms with Crippen molar-refractivity contribution in [3.8, 4) is 11.5 Å². The van der Waals surface area contributed by atoms with Gasteiger partial charge < -0.3 is 24.4 Å². The summed E-state index contributed by atoms with van der Waals surface area (Å²) in [5, 5.41) is 9.62. The first-order valence-corrected chi connectivity index (χ1v) is 15.3. The average molecular weight is 590 g/mol. The molecule has 2 heterocycles. The quantitative estimate of drug-likeness (QED) is 0.248. The topological polar surface area (TPSA) is 92.2 Å². The Morgan fingerprint density at radius 1 is 1.02 bits per heavy atom. The zero-order valence-electron chi connectivity index (χ0n) is 24.8. The van der Waals surface area contributed by atoms with Crippen LogP contribution in [0.15, 0.2) is 54.6 Å². The van der Waals surface area contributed by atoms with Gasteiger partial charge in [0.05, 0.1) is 25.7 Å². The van der Waals surface area contributed by atoms with Gasteiger partial charge in [-0.05, 0) is 92.5 Å². The molecule has 1 atom stereocenters. The summed E-state index contributed by atoms with van der Waals surface area (Å²) in [5.74, 6) is -0.743. The van der Waals surface area contributed by atoms with E-state index in [0.29, 0.717) is 38.2 Å². The number of urea groups is 1. The van der Waals surface area contributed by atoms with Crippen molar-refractivity contribution in [1.29, 1.82) is 0 Å². The largest absolute Gasteiger partial charge is 0.494 e. The molecule has 0 unspecified atom stereocenters. The zero-order valence-corrected chi connectivity index (χ0v) is 24.8. The number of amides is 2. The number of carbonyl (C=O) groups excluding carboxylic acids is 1. The van der Waals surface area contributed by atoms with Crippen LogP contribution < -0.4 is 9.47 Å². The number of fused-ring (bicyclic) bond motifs is 1. The van der Waals surface area contributed by atoms with Crippen LogP contribution >= 0.6 is 0 Å². The van der Waals surface area contributed by atoms with Crippen molar-refractivity contribution in [1.82, 2.24) is 14.8 Å². The molecule has 0 spiro atoms. The fraction of sp³-hybridized carbons (Fsp3) is 0.441. The summed E-state index contributed by atoms with van der Waals surface area (Å²) in [4.78, 5) is 33.2. The number of carbonyl (C=O) groups is 2. The maximum absolute atomic E-state index is 15.1. The van der Waals surface area contributed by atoms with Gasteiger partial charge in [-0.1, -0.05) is 24.3 Å². The highest BCUT2D eigenvalue weighted by Crippen LogP contribution is 2.31. The number of halogens is 1. The summed E-state index contributed by atoms with van der Waals surface area (Å²) in [7, 11) is 0. The summed E-state index contributed by atoms with van der Waals surface area (Å²) in [6.07, 6.45) is 6.37. The van der Waals surface area contributed by atoms with E-state index in [1.54, 1.807) is 15.9 Å². The Labute approximate surface area is 252 Å². The molecule has 8 nitrogen and oxygen atoms in total. The second-order valence-corrected chi connectivity index (χ2v) is 11.2. The molecule has 1 saturated heterocycles. The molecule has 0 radical (unpaired) electrons. The van der Waals surface area contributed by atoms with Gasteiger partial charge >= 0.3 is 12.0 Å². The van der Waals surface area contributed by atoms with E-state index >= 15 is 4.39 Å². The van der Waals surface area contributed by atoms with Crippen LogP contribution in [0.3, 0.4) is 0 Å². The van der Waals surface area contributed by atoms with E-state index in [1.807, 2.05) is 31.2 Å². The fourth-order valence-corrected chi connectivity index (χ4v) is 5.93. The van der Waals surface area contributed by atoms with Gasteiger partial charge in [-0.15, -0.1) is 0 Å². The fourth-order valence-electron chi connectivity index (χ4n) is 5.93. The summed E-state index contributed by atoms with van der Waals surface area (Å²) in [6.45, 7) is 4.26. The van der Waals surface area contributed by atoms with Crippen molar-refractivity contribution >= 4 is 12.0 Å². The van der Waals surface area contributed by atoms with Crippen molar-refractivity contribution in [2.45, 2.75) is 64.3 Å². The number of aliphatic carboxylic acids is 1. The van der Waals surface area contributed by atoms with Gasteiger partial charge in [-0.2, -0.15) is 0 Å². The highest BCUT2D eigenvalue weighted by molar-refractivity contribution is 5.78. The number of ether oxygens (including phenoxy) is 2. The Morgan fingerprint density at radius 2 is 1.84 bits per heavy atom. The molecule has 2 amide bonds. The predicted octanol–water partition coefficient (Wildman–Crippen LogP) is 6.01. The molecule has 3 aromatic rings. The lowest BCUT2D eigenvalue weighted by atomic mass is 9.95. The number of aryl methyl sites for hydroxylation is 3. The molecule has 0 saturated carbocycles. The molecule has 1 aliphatic heterocycles. The molecular formula is C34H40FN3O5. The Bertz CT molecular complexity index is 1410. The lowest BCUT2D eigenvalue weighted by molar-refractivity contribution is -0.138. The summed E-state index contributed by atoms with van der Waals surface area (Å²) >= 11 is 0. The van der Waals surface area contributed by atoms with Crippen molar-refractivity contribution in [3.63, 3.8) is 0 Å². The van der Waals surface area contributed by atoms with Gasteiger partial charge in [0.25, 0.3) is 0 Å². The maximum Gasteiger partial charge on any atom is 0.320 e. The van der Waals surface area contributed by atoms with Crippen LogP contribution in [-0.4, -0.2) is 64.7 Å². The van der Waals surface area contributed by atoms with E-state index in [0.717, 1.165) is 42.7 Å². The number of carboxylic acids is 1. The van der Waals surface area contributed by atoms with Crippen LogP contribution in [0, 0.1) is 5.82 Å². The lowest BCUT2D eigenvalue weighted by Crippen LogP contribution is -2.36. The minimum absolute atomic E-state index is 0.0916. The summed E-state index contributed by atoms with van der Waals surface area (Å²) < 4.78 is 26.2. The second kappa shape index (κ2) is 14.4. The highest BCUT2D eigenvalue weighted by Gasteiger charge is 2.35. The first-order valence-electron chi connectivity index (χ1n) is 15.3. The number of rotatable bonds is 14. The molecule has 1 fully saturated rings. The monoisotopic (exact) mass is 589 g/mol. The number of aromatic nitrogens is 1. The van der Waals surface area contributed by atoms with E-state index in [2.05, 4.69) is 12.1 Å². The number of nitrogens with zero attached hydrogens (tertiary/aromatic N) is 3. The average Bonchev–Trinajstić information content (AvgIpc) is 3.37. The first-order chi connectivity index (χ1) is 20.9. The Balaban J connectivity index is 1.16. The van der Waals surface area contributed by atoms with Crippen LogP contribution in [-0.2, 0) is 30.5 Å². The van der Waals surface area contributed by atoms with Crippen LogP contribution in [0.4, 0.5) is 9.18 Å². The van der Waals surface area contributed by atoms with E-state index < -0.39 is 17.8 Å². The molecule has 1 N–H and O–H groups in total. The molecule has 1 aliphatic carbocycles. The van der Waals surface area contributed by atoms with Crippen molar-refractivity contribution in [3.05, 3.63) is 88.5 Å². The third-order valence-electron chi connectivity index (χ3n) is 8.19. The van der Waals surface area contributed by atoms with Gasteiger partial charge in [-0.3, -0.25) is 9.78 Å². The predicted molar refractivity (Wildman–Crippen MR) is 161 cm³/mol. The van der Waals surface area contributed by atoms with Crippen LogP contribution in [0.1, 0.15) is 66.7 Å². The van der Waals surface area contributed by atoms with Crippen molar-refractivity contribution in [2.24, 2.45) is 0 Å². The Kier molecular flexibility index (Phi) is 10.1. The van der Waals surface area contributed by atoms with Gasteiger partial charge in [0.1, 0.15) is 5.75 Å². The molecule has 5 rings (SSSR count). The normalized spacial score (nSPS) is 15.3. The van der Waals surface area contributed by atoms with Crippen LogP contribution in [0.5, 0.6) is 11.5 Å². The number of carboxylic acid groups (broad SMARTS) is 1. The zero-order chi connectivity index (χ0) is 30.2. The number of pyridine rings is 1. The Hall–Kier alpha value is -4.14. The molecule has 9 heteroatoms. The molecule has 228 valence electrons.